The van der Waals surface area contributed by atoms with Crippen LogP contribution < -0.4 is 10.6 Å². The Labute approximate surface area is 132 Å². The summed E-state index contributed by atoms with van der Waals surface area (Å²) in [5.41, 5.74) is 1.63. The highest BCUT2D eigenvalue weighted by atomic mass is 16.3. The maximum atomic E-state index is 10.2. The van der Waals surface area contributed by atoms with Crippen molar-refractivity contribution in [3.05, 3.63) is 47.7 Å². The summed E-state index contributed by atoms with van der Waals surface area (Å²) in [5.74, 6) is 0. The van der Waals surface area contributed by atoms with Crippen molar-refractivity contribution in [2.45, 2.75) is 31.7 Å². The first-order valence-corrected chi connectivity index (χ1v) is 7.80. The summed E-state index contributed by atoms with van der Waals surface area (Å²) >= 11 is 0. The molecule has 1 heterocycles. The van der Waals surface area contributed by atoms with Crippen molar-refractivity contribution >= 4 is 0 Å². The molecule has 5 heteroatoms. The van der Waals surface area contributed by atoms with Crippen LogP contribution in [0.3, 0.4) is 0 Å². The van der Waals surface area contributed by atoms with Crippen LogP contribution in [0.2, 0.25) is 0 Å². The highest BCUT2D eigenvalue weighted by molar-refractivity contribution is 5.29. The van der Waals surface area contributed by atoms with Gasteiger partial charge in [0.05, 0.1) is 6.10 Å². The van der Waals surface area contributed by atoms with Gasteiger partial charge in [-0.2, -0.15) is 0 Å². The van der Waals surface area contributed by atoms with E-state index in [0.717, 1.165) is 19.5 Å². The average molecular weight is 305 g/mol. The second-order valence-electron chi connectivity index (χ2n) is 6.06. The third-order valence-corrected chi connectivity index (χ3v) is 3.95. The average Bonchev–Trinajstić information content (AvgIpc) is 2.51. The number of hydrogen-bond donors (Lipinski definition) is 4. The first-order chi connectivity index (χ1) is 10.5. The van der Waals surface area contributed by atoms with Crippen molar-refractivity contribution in [3.63, 3.8) is 0 Å². The van der Waals surface area contributed by atoms with Crippen molar-refractivity contribution in [2.24, 2.45) is 0 Å². The fourth-order valence-electron chi connectivity index (χ4n) is 2.70. The molecule has 22 heavy (non-hydrogen) atoms. The van der Waals surface area contributed by atoms with E-state index in [4.69, 9.17) is 0 Å². The van der Waals surface area contributed by atoms with E-state index in [0.29, 0.717) is 13.1 Å². The standard InChI is InChI=1S/C17H27N3O2/c1-17(22,8-9-18-2)19-11-16(21)13-20-10-7-14-5-3-4-6-15(14)12-20/h3-6,8-9,16,18-19,21-22H,7,10-13H2,1-2H3/b9-8-/t16-,17?/m1/s1. The highest BCUT2D eigenvalue weighted by Gasteiger charge is 2.21. The molecule has 5 nitrogen and oxygen atoms in total. The molecule has 0 amide bonds. The Bertz CT molecular complexity index is 502. The van der Waals surface area contributed by atoms with E-state index < -0.39 is 11.8 Å². The molecular formula is C17H27N3O2. The van der Waals surface area contributed by atoms with Gasteiger partial charge < -0.3 is 15.5 Å². The molecule has 1 aliphatic heterocycles. The van der Waals surface area contributed by atoms with Gasteiger partial charge in [-0.3, -0.25) is 10.2 Å². The fraction of sp³-hybridized carbons (Fsp3) is 0.529. The number of hydrogen-bond acceptors (Lipinski definition) is 5. The van der Waals surface area contributed by atoms with Crippen LogP contribution in [0, 0.1) is 0 Å². The van der Waals surface area contributed by atoms with E-state index in [9.17, 15) is 10.2 Å². The monoisotopic (exact) mass is 305 g/mol. The van der Waals surface area contributed by atoms with Crippen LogP contribution in [-0.4, -0.2) is 53.6 Å². The first-order valence-electron chi connectivity index (χ1n) is 7.80. The van der Waals surface area contributed by atoms with E-state index in [1.165, 1.54) is 11.1 Å². The summed E-state index contributed by atoms with van der Waals surface area (Å²) in [6, 6.07) is 8.47. The number of aliphatic hydroxyl groups excluding tert-OH is 1. The van der Waals surface area contributed by atoms with Crippen LogP contribution in [0.1, 0.15) is 18.1 Å². The van der Waals surface area contributed by atoms with Gasteiger partial charge >= 0.3 is 0 Å². The van der Waals surface area contributed by atoms with Crippen molar-refractivity contribution < 1.29 is 10.2 Å². The number of benzene rings is 1. The van der Waals surface area contributed by atoms with Gasteiger partial charge in [0, 0.05) is 33.2 Å². The molecule has 0 saturated heterocycles. The molecule has 0 radical (unpaired) electrons. The Morgan fingerprint density at radius 3 is 2.82 bits per heavy atom. The number of aliphatic hydroxyl groups is 2. The normalized spacial score (nSPS) is 19.6. The third kappa shape index (κ3) is 5.10. The Balaban J connectivity index is 1.78. The van der Waals surface area contributed by atoms with E-state index in [-0.39, 0.29) is 0 Å². The van der Waals surface area contributed by atoms with E-state index in [2.05, 4.69) is 39.8 Å². The fourth-order valence-corrected chi connectivity index (χ4v) is 2.70. The third-order valence-electron chi connectivity index (χ3n) is 3.95. The molecule has 1 aromatic rings. The number of rotatable bonds is 7. The molecule has 122 valence electrons. The minimum atomic E-state index is -1.13. The zero-order valence-electron chi connectivity index (χ0n) is 13.4. The molecule has 0 aromatic heterocycles. The minimum Gasteiger partial charge on any atom is -0.394 e. The van der Waals surface area contributed by atoms with Crippen LogP contribution in [0.15, 0.2) is 36.5 Å². The lowest BCUT2D eigenvalue weighted by Gasteiger charge is -2.31. The number of β-amino-alcohol motifs (C(OH)–C–C–N with tert-alkyl or cyclic N) is 1. The van der Waals surface area contributed by atoms with E-state index in [1.54, 1.807) is 26.2 Å². The second kappa shape index (κ2) is 7.74. The van der Waals surface area contributed by atoms with Gasteiger partial charge in [0.15, 0.2) is 0 Å². The Morgan fingerprint density at radius 1 is 1.36 bits per heavy atom. The zero-order valence-corrected chi connectivity index (χ0v) is 13.4. The molecule has 0 saturated carbocycles. The summed E-state index contributed by atoms with van der Waals surface area (Å²) in [6.45, 7) is 4.45. The molecule has 0 spiro atoms. The second-order valence-corrected chi connectivity index (χ2v) is 6.06. The van der Waals surface area contributed by atoms with Crippen molar-refractivity contribution in [1.29, 1.82) is 0 Å². The smallest absolute Gasteiger partial charge is 0.134 e. The van der Waals surface area contributed by atoms with Crippen molar-refractivity contribution in [2.75, 3.05) is 26.7 Å². The maximum Gasteiger partial charge on any atom is 0.134 e. The number of fused-ring (bicyclic) bond motifs is 1. The number of nitrogens with one attached hydrogen (secondary N) is 2. The van der Waals surface area contributed by atoms with Gasteiger partial charge in [-0.15, -0.1) is 0 Å². The molecular weight excluding hydrogens is 278 g/mol. The molecule has 1 aromatic carbocycles. The zero-order chi connectivity index (χ0) is 16.0. The van der Waals surface area contributed by atoms with Crippen LogP contribution >= 0.6 is 0 Å². The van der Waals surface area contributed by atoms with Crippen molar-refractivity contribution in [3.8, 4) is 0 Å². The highest BCUT2D eigenvalue weighted by Crippen LogP contribution is 2.18. The van der Waals surface area contributed by atoms with Crippen LogP contribution in [0.5, 0.6) is 0 Å². The molecule has 0 aliphatic carbocycles. The van der Waals surface area contributed by atoms with E-state index >= 15 is 0 Å². The largest absolute Gasteiger partial charge is 0.394 e. The van der Waals surface area contributed by atoms with Gasteiger partial charge in [-0.05, 0) is 36.7 Å². The lowest BCUT2D eigenvalue weighted by atomic mass is 10.00. The predicted octanol–water partition coefficient (Wildman–Crippen LogP) is 0.437. The molecule has 0 fully saturated rings. The summed E-state index contributed by atoms with van der Waals surface area (Å²) in [7, 11) is 1.77. The maximum absolute atomic E-state index is 10.2. The van der Waals surface area contributed by atoms with Crippen LogP contribution in [0.4, 0.5) is 0 Å². The Hall–Kier alpha value is -1.40. The summed E-state index contributed by atoms with van der Waals surface area (Å²) in [6.07, 6.45) is 3.80. The summed E-state index contributed by atoms with van der Waals surface area (Å²) in [5, 5.41) is 26.0. The van der Waals surface area contributed by atoms with Crippen LogP contribution in [0.25, 0.3) is 0 Å². The molecule has 2 rings (SSSR count). The molecule has 4 N–H and O–H groups in total. The SMILES string of the molecule is CN/C=C\C(C)(O)NC[C@@H](O)CN1CCc2ccccc2C1. The first kappa shape index (κ1) is 17.0. The lowest BCUT2D eigenvalue weighted by molar-refractivity contribution is 0.0420. The van der Waals surface area contributed by atoms with Gasteiger partial charge in [-0.25, -0.2) is 0 Å². The van der Waals surface area contributed by atoms with Gasteiger partial charge in [0.1, 0.15) is 5.72 Å². The minimum absolute atomic E-state index is 0.346. The lowest BCUT2D eigenvalue weighted by Crippen LogP contribution is -2.47. The Morgan fingerprint density at radius 2 is 2.09 bits per heavy atom. The summed E-state index contributed by atoms with van der Waals surface area (Å²) < 4.78 is 0. The van der Waals surface area contributed by atoms with Gasteiger partial charge in [-0.1, -0.05) is 24.3 Å². The van der Waals surface area contributed by atoms with Crippen molar-refractivity contribution in [1.82, 2.24) is 15.5 Å². The van der Waals surface area contributed by atoms with Crippen LogP contribution in [-0.2, 0) is 13.0 Å². The molecule has 2 atom stereocenters. The van der Waals surface area contributed by atoms with E-state index in [1.807, 2.05) is 0 Å². The van der Waals surface area contributed by atoms with Gasteiger partial charge in [0.25, 0.3) is 0 Å². The topological polar surface area (TPSA) is 67.8 Å². The van der Waals surface area contributed by atoms with Gasteiger partial charge in [0.2, 0.25) is 0 Å². The summed E-state index contributed by atoms with van der Waals surface area (Å²) in [4.78, 5) is 2.26. The Kier molecular flexibility index (Phi) is 5.97. The molecule has 1 unspecified atom stereocenters. The quantitative estimate of drug-likeness (QED) is 0.550. The number of nitrogens with zero attached hydrogens (tertiary/aromatic N) is 1. The predicted molar refractivity (Wildman–Crippen MR) is 88.3 cm³/mol. The molecule has 1 aliphatic rings. The molecule has 0 bridgehead atoms.